The Labute approximate surface area is 89.3 Å². The number of aliphatic hydroxyl groups is 1. The molecular formula is C9H13Cl2NO. The average molecular weight is 222 g/mol. The minimum atomic E-state index is -1.33. The minimum Gasteiger partial charge on any atom is -0.358 e. The number of alkyl halides is 1. The van der Waals surface area contributed by atoms with Crippen molar-refractivity contribution in [3.8, 4) is 0 Å². The Balaban J connectivity index is 0.00000144. The Morgan fingerprint density at radius 2 is 1.92 bits per heavy atom. The first-order valence-electron chi connectivity index (χ1n) is 3.88. The molecule has 74 valence electrons. The van der Waals surface area contributed by atoms with Crippen LogP contribution in [0.1, 0.15) is 13.3 Å². The van der Waals surface area contributed by atoms with Crippen LogP contribution in [0.5, 0.6) is 0 Å². The topological polar surface area (TPSA) is 32.3 Å². The van der Waals surface area contributed by atoms with Crippen molar-refractivity contribution in [2.24, 2.45) is 0 Å². The summed E-state index contributed by atoms with van der Waals surface area (Å²) in [4.78, 5) is 0. The zero-order valence-electron chi connectivity index (χ0n) is 7.33. The van der Waals surface area contributed by atoms with Gasteiger partial charge in [-0.05, 0) is 12.1 Å². The molecule has 0 spiro atoms. The summed E-state index contributed by atoms with van der Waals surface area (Å²) in [6, 6.07) is 9.37. The van der Waals surface area contributed by atoms with Crippen molar-refractivity contribution in [1.82, 2.24) is 0 Å². The second-order valence-corrected chi connectivity index (χ2v) is 3.23. The largest absolute Gasteiger partial charge is 0.358 e. The predicted octanol–water partition coefficient (Wildman–Crippen LogP) is 2.82. The molecule has 1 aromatic carbocycles. The number of anilines is 1. The molecule has 1 rings (SSSR count). The molecule has 2 N–H and O–H groups in total. The Kier molecular flexibility index (Phi) is 5.14. The number of hydrogen-bond acceptors (Lipinski definition) is 2. The maximum absolute atomic E-state index is 9.43. The van der Waals surface area contributed by atoms with E-state index in [1.54, 1.807) is 0 Å². The fourth-order valence-corrected chi connectivity index (χ4v) is 0.940. The zero-order valence-corrected chi connectivity index (χ0v) is 8.90. The van der Waals surface area contributed by atoms with Gasteiger partial charge in [-0.2, -0.15) is 0 Å². The number of nitrogens with one attached hydrogen (secondary N) is 1. The monoisotopic (exact) mass is 221 g/mol. The molecule has 4 heteroatoms. The van der Waals surface area contributed by atoms with Gasteiger partial charge in [-0.3, -0.25) is 0 Å². The van der Waals surface area contributed by atoms with Crippen LogP contribution in [0.3, 0.4) is 0 Å². The SMILES string of the molecule is CCC(O)(Cl)Nc1ccccc1.Cl. The van der Waals surface area contributed by atoms with Crippen LogP contribution < -0.4 is 5.32 Å². The van der Waals surface area contributed by atoms with E-state index in [1.165, 1.54) is 0 Å². The second-order valence-electron chi connectivity index (χ2n) is 2.60. The molecule has 1 unspecified atom stereocenters. The second kappa shape index (κ2) is 5.32. The van der Waals surface area contributed by atoms with Gasteiger partial charge in [0.25, 0.3) is 0 Å². The van der Waals surface area contributed by atoms with Crippen molar-refractivity contribution in [3.05, 3.63) is 30.3 Å². The first kappa shape index (κ1) is 12.6. The molecule has 0 saturated heterocycles. The third kappa shape index (κ3) is 4.36. The van der Waals surface area contributed by atoms with Gasteiger partial charge in [0.1, 0.15) is 0 Å². The molecule has 0 heterocycles. The fraction of sp³-hybridized carbons (Fsp3) is 0.333. The highest BCUT2D eigenvalue weighted by Gasteiger charge is 2.19. The molecule has 0 bridgehead atoms. The van der Waals surface area contributed by atoms with E-state index in [0.717, 1.165) is 5.69 Å². The van der Waals surface area contributed by atoms with E-state index < -0.39 is 5.18 Å². The molecule has 1 atom stereocenters. The van der Waals surface area contributed by atoms with Gasteiger partial charge in [0.2, 0.25) is 5.18 Å². The molecule has 0 fully saturated rings. The van der Waals surface area contributed by atoms with E-state index in [9.17, 15) is 5.11 Å². The first-order chi connectivity index (χ1) is 5.64. The van der Waals surface area contributed by atoms with Crippen molar-refractivity contribution >= 4 is 29.7 Å². The molecule has 0 amide bonds. The summed E-state index contributed by atoms with van der Waals surface area (Å²) < 4.78 is 0. The molecule has 0 aliphatic carbocycles. The summed E-state index contributed by atoms with van der Waals surface area (Å²) in [5.74, 6) is 0. The van der Waals surface area contributed by atoms with E-state index in [2.05, 4.69) is 5.32 Å². The first-order valence-corrected chi connectivity index (χ1v) is 4.26. The zero-order chi connectivity index (χ0) is 9.03. The average Bonchev–Trinajstić information content (AvgIpc) is 2.06. The van der Waals surface area contributed by atoms with Gasteiger partial charge in [-0.25, -0.2) is 0 Å². The fourth-order valence-electron chi connectivity index (χ4n) is 0.831. The van der Waals surface area contributed by atoms with E-state index in [1.807, 2.05) is 37.3 Å². The predicted molar refractivity (Wildman–Crippen MR) is 58.4 cm³/mol. The summed E-state index contributed by atoms with van der Waals surface area (Å²) in [5, 5.41) is 10.9. The minimum absolute atomic E-state index is 0. The van der Waals surface area contributed by atoms with Gasteiger partial charge in [-0.15, -0.1) is 12.4 Å². The lowest BCUT2D eigenvalue weighted by atomic mass is 10.3. The van der Waals surface area contributed by atoms with Crippen LogP contribution in [0, 0.1) is 0 Å². The Morgan fingerprint density at radius 1 is 1.38 bits per heavy atom. The van der Waals surface area contributed by atoms with Crippen LogP contribution in [0.15, 0.2) is 30.3 Å². The molecule has 13 heavy (non-hydrogen) atoms. The van der Waals surface area contributed by atoms with Crippen LogP contribution in [0.4, 0.5) is 5.69 Å². The summed E-state index contributed by atoms with van der Waals surface area (Å²) >= 11 is 5.70. The number of rotatable bonds is 3. The lowest BCUT2D eigenvalue weighted by Crippen LogP contribution is -2.29. The number of benzene rings is 1. The van der Waals surface area contributed by atoms with Crippen molar-refractivity contribution in [2.75, 3.05) is 5.32 Å². The summed E-state index contributed by atoms with van der Waals surface area (Å²) in [5.41, 5.74) is 0.817. The third-order valence-electron chi connectivity index (χ3n) is 1.58. The van der Waals surface area contributed by atoms with E-state index in [-0.39, 0.29) is 12.4 Å². The van der Waals surface area contributed by atoms with Crippen molar-refractivity contribution in [3.63, 3.8) is 0 Å². The maximum Gasteiger partial charge on any atom is 0.213 e. The quantitative estimate of drug-likeness (QED) is 0.468. The Bertz CT molecular complexity index is 239. The van der Waals surface area contributed by atoms with Gasteiger partial charge in [0.05, 0.1) is 0 Å². The highest BCUT2D eigenvalue weighted by molar-refractivity contribution is 6.23. The molecular weight excluding hydrogens is 209 g/mol. The normalized spacial score (nSPS) is 14.1. The van der Waals surface area contributed by atoms with Crippen molar-refractivity contribution in [1.29, 1.82) is 0 Å². The van der Waals surface area contributed by atoms with Crippen LogP contribution in [0.2, 0.25) is 0 Å². The third-order valence-corrected chi connectivity index (χ3v) is 1.94. The smallest absolute Gasteiger partial charge is 0.213 e. The molecule has 0 aromatic heterocycles. The summed E-state index contributed by atoms with van der Waals surface area (Å²) in [7, 11) is 0. The molecule has 0 radical (unpaired) electrons. The lowest BCUT2D eigenvalue weighted by Gasteiger charge is -2.21. The highest BCUT2D eigenvalue weighted by atomic mass is 35.5. The van der Waals surface area contributed by atoms with E-state index in [0.29, 0.717) is 6.42 Å². The molecule has 1 aromatic rings. The van der Waals surface area contributed by atoms with Gasteiger partial charge in [0.15, 0.2) is 0 Å². The van der Waals surface area contributed by atoms with Crippen LogP contribution in [0.25, 0.3) is 0 Å². The highest BCUT2D eigenvalue weighted by Crippen LogP contribution is 2.19. The summed E-state index contributed by atoms with van der Waals surface area (Å²) in [6.07, 6.45) is 0.448. The number of hydrogen-bond donors (Lipinski definition) is 2. The molecule has 0 aliphatic rings. The van der Waals surface area contributed by atoms with Gasteiger partial charge < -0.3 is 10.4 Å². The van der Waals surface area contributed by atoms with E-state index >= 15 is 0 Å². The molecule has 2 nitrogen and oxygen atoms in total. The Hall–Kier alpha value is -0.440. The molecule has 0 aliphatic heterocycles. The van der Waals surface area contributed by atoms with Gasteiger partial charge >= 0.3 is 0 Å². The molecule has 0 saturated carbocycles. The maximum atomic E-state index is 9.43. The lowest BCUT2D eigenvalue weighted by molar-refractivity contribution is 0.154. The number of halogens is 2. The van der Waals surface area contributed by atoms with Crippen molar-refractivity contribution in [2.45, 2.75) is 18.5 Å². The van der Waals surface area contributed by atoms with E-state index in [4.69, 9.17) is 11.6 Å². The van der Waals surface area contributed by atoms with Gasteiger partial charge in [-0.1, -0.05) is 36.7 Å². The van der Waals surface area contributed by atoms with Crippen molar-refractivity contribution < 1.29 is 5.11 Å². The van der Waals surface area contributed by atoms with Crippen LogP contribution in [-0.4, -0.2) is 10.3 Å². The number of para-hydroxylation sites is 1. The van der Waals surface area contributed by atoms with Crippen LogP contribution >= 0.6 is 24.0 Å². The summed E-state index contributed by atoms with van der Waals surface area (Å²) in [6.45, 7) is 1.81. The standard InChI is InChI=1S/C9H12ClNO.ClH/c1-2-9(10,12)11-8-6-4-3-5-7-8;/h3-7,11-12H,2H2,1H3;1H. The van der Waals surface area contributed by atoms with Gasteiger partial charge in [0, 0.05) is 12.1 Å². The Morgan fingerprint density at radius 3 is 2.38 bits per heavy atom. The van der Waals surface area contributed by atoms with Crippen LogP contribution in [-0.2, 0) is 0 Å².